The Bertz CT molecular complexity index is 1230. The van der Waals surface area contributed by atoms with E-state index in [9.17, 15) is 13.2 Å². The number of hydrazone groups is 1. The van der Waals surface area contributed by atoms with Gasteiger partial charge < -0.3 is 0 Å². The Balaban J connectivity index is 1.78. The van der Waals surface area contributed by atoms with Crippen molar-refractivity contribution in [2.45, 2.75) is 24.8 Å². The van der Waals surface area contributed by atoms with Gasteiger partial charge in [0.25, 0.3) is 5.91 Å². The molecule has 3 rings (SSSR count). The van der Waals surface area contributed by atoms with Crippen LogP contribution in [0.3, 0.4) is 0 Å². The van der Waals surface area contributed by atoms with E-state index in [1.807, 2.05) is 24.3 Å². The number of nitrogens with zero attached hydrogens (tertiary/aromatic N) is 2. The van der Waals surface area contributed by atoms with Crippen molar-refractivity contribution in [1.29, 1.82) is 0 Å². The average Bonchev–Trinajstić information content (AvgIpc) is 2.80. The Kier molecular flexibility index (Phi) is 8.63. The average molecular weight is 504 g/mol. The van der Waals surface area contributed by atoms with Gasteiger partial charge in [0.05, 0.1) is 17.7 Å². The normalized spacial score (nSPS) is 11.8. The highest BCUT2D eigenvalue weighted by Crippen LogP contribution is 2.23. The van der Waals surface area contributed by atoms with Crippen LogP contribution >= 0.6 is 23.2 Å². The van der Waals surface area contributed by atoms with Gasteiger partial charge in [-0.1, -0.05) is 72.6 Å². The lowest BCUT2D eigenvalue weighted by atomic mass is 10.1. The Morgan fingerprint density at radius 3 is 2.30 bits per heavy atom. The number of hydrogen-bond acceptors (Lipinski definition) is 4. The minimum absolute atomic E-state index is 0.0197. The summed E-state index contributed by atoms with van der Waals surface area (Å²) >= 11 is 12.1. The third-order valence-electron chi connectivity index (χ3n) is 4.87. The molecule has 3 aromatic carbocycles. The van der Waals surface area contributed by atoms with E-state index in [0.717, 1.165) is 16.3 Å². The molecule has 0 unspecified atom stereocenters. The summed E-state index contributed by atoms with van der Waals surface area (Å²) in [5.74, 6) is -0.582. The predicted molar refractivity (Wildman–Crippen MR) is 132 cm³/mol. The fourth-order valence-electron chi connectivity index (χ4n) is 3.01. The zero-order chi connectivity index (χ0) is 23.8. The highest BCUT2D eigenvalue weighted by Gasteiger charge is 2.27. The van der Waals surface area contributed by atoms with Crippen molar-refractivity contribution in [2.75, 3.05) is 6.54 Å². The number of halogens is 2. The van der Waals surface area contributed by atoms with Crippen molar-refractivity contribution in [1.82, 2.24) is 9.73 Å². The van der Waals surface area contributed by atoms with Crippen LogP contribution in [0.15, 0.2) is 82.8 Å². The van der Waals surface area contributed by atoms with Crippen LogP contribution in [0.2, 0.25) is 10.0 Å². The molecule has 0 heterocycles. The number of nitrogens with one attached hydrogen (secondary N) is 1. The lowest BCUT2D eigenvalue weighted by Crippen LogP contribution is -2.39. The summed E-state index contributed by atoms with van der Waals surface area (Å²) in [6.07, 6.45) is 2.43. The molecule has 0 aliphatic carbocycles. The number of rotatable bonds is 9. The monoisotopic (exact) mass is 503 g/mol. The van der Waals surface area contributed by atoms with Crippen LogP contribution in [0.1, 0.15) is 23.6 Å². The summed E-state index contributed by atoms with van der Waals surface area (Å²) in [6, 6.07) is 20.4. The summed E-state index contributed by atoms with van der Waals surface area (Å²) < 4.78 is 27.6. The van der Waals surface area contributed by atoms with Gasteiger partial charge in [0.1, 0.15) is 0 Å². The first-order chi connectivity index (χ1) is 15.8. The fourth-order valence-corrected chi connectivity index (χ4v) is 4.71. The van der Waals surface area contributed by atoms with E-state index in [2.05, 4.69) is 17.5 Å². The van der Waals surface area contributed by atoms with Crippen LogP contribution in [0.5, 0.6) is 0 Å². The van der Waals surface area contributed by atoms with Gasteiger partial charge in [0.2, 0.25) is 10.0 Å². The summed E-state index contributed by atoms with van der Waals surface area (Å²) in [5, 5.41) is 4.76. The highest BCUT2D eigenvalue weighted by atomic mass is 35.5. The number of hydrogen-bond donors (Lipinski definition) is 1. The summed E-state index contributed by atoms with van der Waals surface area (Å²) in [6.45, 7) is 1.54. The van der Waals surface area contributed by atoms with Gasteiger partial charge in [0, 0.05) is 16.6 Å². The van der Waals surface area contributed by atoms with Crippen molar-refractivity contribution < 1.29 is 13.2 Å². The van der Waals surface area contributed by atoms with E-state index < -0.39 is 22.5 Å². The van der Waals surface area contributed by atoms with Crippen molar-refractivity contribution in [2.24, 2.45) is 5.10 Å². The van der Waals surface area contributed by atoms with E-state index in [0.29, 0.717) is 15.6 Å². The smallest absolute Gasteiger partial charge is 0.255 e. The largest absolute Gasteiger partial charge is 0.272 e. The number of carbonyl (C=O) groups is 1. The molecule has 0 aromatic heterocycles. The van der Waals surface area contributed by atoms with Gasteiger partial charge in [-0.05, 0) is 53.4 Å². The third-order valence-corrected chi connectivity index (χ3v) is 7.29. The second-order valence-electron chi connectivity index (χ2n) is 7.21. The zero-order valence-corrected chi connectivity index (χ0v) is 20.2. The van der Waals surface area contributed by atoms with E-state index in [-0.39, 0.29) is 11.4 Å². The first kappa shape index (κ1) is 24.9. The maximum Gasteiger partial charge on any atom is 0.255 e. The van der Waals surface area contributed by atoms with Crippen LogP contribution in [-0.2, 0) is 27.8 Å². The van der Waals surface area contributed by atoms with Gasteiger partial charge >= 0.3 is 0 Å². The molecule has 1 N–H and O–H groups in total. The van der Waals surface area contributed by atoms with Crippen molar-refractivity contribution >= 4 is 45.3 Å². The lowest BCUT2D eigenvalue weighted by Gasteiger charge is -2.22. The maximum absolute atomic E-state index is 13.3. The van der Waals surface area contributed by atoms with Crippen LogP contribution in [-0.4, -0.2) is 31.4 Å². The van der Waals surface area contributed by atoms with Crippen LogP contribution in [0.4, 0.5) is 0 Å². The van der Waals surface area contributed by atoms with Crippen molar-refractivity contribution in [3.63, 3.8) is 0 Å². The molecule has 0 radical (unpaired) electrons. The van der Waals surface area contributed by atoms with Gasteiger partial charge in [-0.3, -0.25) is 4.79 Å². The van der Waals surface area contributed by atoms with Crippen LogP contribution in [0.25, 0.3) is 0 Å². The fraction of sp³-hybridized carbons (Fsp3) is 0.167. The molecule has 0 aliphatic rings. The lowest BCUT2D eigenvalue weighted by molar-refractivity contribution is -0.121. The van der Waals surface area contributed by atoms with Crippen molar-refractivity contribution in [3.8, 4) is 0 Å². The molecule has 1 amide bonds. The molecule has 0 saturated heterocycles. The van der Waals surface area contributed by atoms with E-state index >= 15 is 0 Å². The Hall–Kier alpha value is -2.71. The molecule has 6 nitrogen and oxygen atoms in total. The number of benzene rings is 3. The molecule has 0 aliphatic heterocycles. The molecule has 33 heavy (non-hydrogen) atoms. The second-order valence-corrected chi connectivity index (χ2v) is 9.99. The molecule has 0 bridgehead atoms. The number of aryl methyl sites for hydroxylation is 1. The number of carbonyl (C=O) groups excluding carboxylic acids is 1. The Labute approximate surface area is 203 Å². The van der Waals surface area contributed by atoms with Crippen LogP contribution in [0, 0.1) is 0 Å². The molecule has 0 atom stereocenters. The first-order valence-corrected chi connectivity index (χ1v) is 12.4. The molecule has 3 aromatic rings. The minimum atomic E-state index is -4.01. The molecule has 9 heteroatoms. The maximum atomic E-state index is 13.3. The SMILES string of the molecule is CCc1ccc(/C=N\NC(=O)CN(Cc2ccccc2Cl)S(=O)(=O)c2ccc(Cl)cc2)cc1. The number of amides is 1. The van der Waals surface area contributed by atoms with Gasteiger partial charge in [-0.25, -0.2) is 13.8 Å². The van der Waals surface area contributed by atoms with Crippen molar-refractivity contribution in [3.05, 3.63) is 99.5 Å². The van der Waals surface area contributed by atoms with E-state index in [1.54, 1.807) is 24.3 Å². The highest BCUT2D eigenvalue weighted by molar-refractivity contribution is 7.89. The quantitative estimate of drug-likeness (QED) is 0.333. The zero-order valence-electron chi connectivity index (χ0n) is 17.9. The van der Waals surface area contributed by atoms with Gasteiger partial charge in [-0.2, -0.15) is 9.41 Å². The molecule has 0 fully saturated rings. The predicted octanol–water partition coefficient (Wildman–Crippen LogP) is 4.90. The molecule has 0 saturated carbocycles. The van der Waals surface area contributed by atoms with Gasteiger partial charge in [0.15, 0.2) is 0 Å². The standard InChI is InChI=1S/C24H23Cl2N3O3S/c1-2-18-7-9-19(10-8-18)15-27-28-24(30)17-29(16-20-5-3-4-6-23(20)26)33(31,32)22-13-11-21(25)12-14-22/h3-15H,2,16-17H2,1H3,(H,28,30)/b27-15-. The van der Waals surface area contributed by atoms with E-state index in [1.165, 1.54) is 36.0 Å². The molecule has 0 spiro atoms. The summed E-state index contributed by atoms with van der Waals surface area (Å²) in [4.78, 5) is 12.6. The molecular weight excluding hydrogens is 481 g/mol. The second kappa shape index (κ2) is 11.4. The Morgan fingerprint density at radius 2 is 1.67 bits per heavy atom. The van der Waals surface area contributed by atoms with E-state index in [4.69, 9.17) is 23.2 Å². The Morgan fingerprint density at radius 1 is 1.00 bits per heavy atom. The molecule has 172 valence electrons. The summed E-state index contributed by atoms with van der Waals surface area (Å²) in [7, 11) is -4.01. The topological polar surface area (TPSA) is 78.8 Å². The number of sulfonamides is 1. The molecular formula is C24H23Cl2N3O3S. The van der Waals surface area contributed by atoms with Gasteiger partial charge in [-0.15, -0.1) is 0 Å². The summed E-state index contributed by atoms with van der Waals surface area (Å²) in [5.41, 5.74) is 4.97. The van der Waals surface area contributed by atoms with Crippen LogP contribution < -0.4 is 5.43 Å². The third kappa shape index (κ3) is 6.88. The first-order valence-electron chi connectivity index (χ1n) is 10.2. The minimum Gasteiger partial charge on any atom is -0.272 e.